The molecule has 0 radical (unpaired) electrons. The van der Waals surface area contributed by atoms with Gasteiger partial charge in [-0.3, -0.25) is 14.4 Å². The van der Waals surface area contributed by atoms with Gasteiger partial charge >= 0.3 is 0 Å². The van der Waals surface area contributed by atoms with Gasteiger partial charge in [-0.05, 0) is 74.0 Å². The lowest BCUT2D eigenvalue weighted by molar-refractivity contribution is -0.120. The fourth-order valence-corrected chi connectivity index (χ4v) is 4.09. The van der Waals surface area contributed by atoms with E-state index in [0.29, 0.717) is 28.5 Å². The molecule has 34 heavy (non-hydrogen) atoms. The van der Waals surface area contributed by atoms with Crippen molar-refractivity contribution in [1.82, 2.24) is 0 Å². The van der Waals surface area contributed by atoms with Crippen molar-refractivity contribution in [3.05, 3.63) is 99.7 Å². The smallest absolute Gasteiger partial charge is 0.283 e. The van der Waals surface area contributed by atoms with Gasteiger partial charge in [-0.1, -0.05) is 41.4 Å². The number of carbonyl (C=O) groups is 3. The number of nitrogens with one attached hydrogen (secondary N) is 1. The van der Waals surface area contributed by atoms with Gasteiger partial charge in [0.1, 0.15) is 10.7 Å². The highest BCUT2D eigenvalue weighted by molar-refractivity contribution is 6.53. The highest BCUT2D eigenvalue weighted by Gasteiger charge is 2.39. The highest BCUT2D eigenvalue weighted by atomic mass is 35.5. The quantitative estimate of drug-likeness (QED) is 0.443. The maximum absolute atomic E-state index is 13.1. The van der Waals surface area contributed by atoms with E-state index in [1.54, 1.807) is 47.4 Å². The Morgan fingerprint density at radius 1 is 0.941 bits per heavy atom. The Labute approximate surface area is 207 Å². The molecule has 3 aromatic rings. The predicted molar refractivity (Wildman–Crippen MR) is 135 cm³/mol. The summed E-state index contributed by atoms with van der Waals surface area (Å²) in [4.78, 5) is 41.3. The van der Waals surface area contributed by atoms with Gasteiger partial charge in [0.2, 0.25) is 0 Å². The summed E-state index contributed by atoms with van der Waals surface area (Å²) >= 11 is 12.2. The lowest BCUT2D eigenvalue weighted by atomic mass is 10.1. The fraction of sp³-hybridized carbons (Fsp3) is 0.115. The van der Waals surface area contributed by atoms with E-state index in [0.717, 1.165) is 16.2 Å². The molecule has 6 nitrogen and oxygen atoms in total. The number of hydrogen-bond acceptors (Lipinski definition) is 4. The molecular formula is C26H21Cl2N3O3. The molecule has 0 atom stereocenters. The zero-order chi connectivity index (χ0) is 24.4. The minimum atomic E-state index is -0.639. The Morgan fingerprint density at radius 2 is 1.65 bits per heavy atom. The fourth-order valence-electron chi connectivity index (χ4n) is 3.70. The Hall–Kier alpha value is -3.61. The summed E-state index contributed by atoms with van der Waals surface area (Å²) in [6.07, 6.45) is 0. The molecule has 0 unspecified atom stereocenters. The zero-order valence-corrected chi connectivity index (χ0v) is 20.0. The first-order valence-electron chi connectivity index (χ1n) is 10.6. The molecule has 8 heteroatoms. The van der Waals surface area contributed by atoms with Crippen molar-refractivity contribution in [3.8, 4) is 0 Å². The van der Waals surface area contributed by atoms with Crippen LogP contribution in [0.15, 0.2) is 83.5 Å². The minimum absolute atomic E-state index is 0.0411. The second kappa shape index (κ2) is 9.71. The molecule has 1 heterocycles. The summed E-state index contributed by atoms with van der Waals surface area (Å²) in [7, 11) is 0. The van der Waals surface area contributed by atoms with Crippen LogP contribution in [0.4, 0.5) is 17.1 Å². The minimum Gasteiger partial charge on any atom is -0.350 e. The van der Waals surface area contributed by atoms with Gasteiger partial charge in [-0.15, -0.1) is 0 Å². The first-order valence-corrected chi connectivity index (χ1v) is 11.4. The SMILES string of the molecule is CCN(C(=O)c1ccc(NC2=C(Cl)C(=O)N(c3cccc(Cl)c3)C2=O)cc1)c1cccc(C)c1. The van der Waals surface area contributed by atoms with Crippen molar-refractivity contribution in [2.75, 3.05) is 21.7 Å². The zero-order valence-electron chi connectivity index (χ0n) is 18.5. The third-order valence-electron chi connectivity index (χ3n) is 5.37. The van der Waals surface area contributed by atoms with Crippen molar-refractivity contribution >= 4 is 58.0 Å². The van der Waals surface area contributed by atoms with Gasteiger partial charge in [-0.25, -0.2) is 4.90 Å². The molecule has 0 fully saturated rings. The van der Waals surface area contributed by atoms with Crippen molar-refractivity contribution in [2.45, 2.75) is 13.8 Å². The molecule has 3 amide bonds. The molecular weight excluding hydrogens is 473 g/mol. The van der Waals surface area contributed by atoms with Crippen molar-refractivity contribution in [1.29, 1.82) is 0 Å². The number of nitrogens with zero attached hydrogens (tertiary/aromatic N) is 2. The van der Waals surface area contributed by atoms with Crippen LogP contribution < -0.4 is 15.1 Å². The number of amides is 3. The van der Waals surface area contributed by atoms with Gasteiger partial charge < -0.3 is 10.2 Å². The predicted octanol–water partition coefficient (Wildman–Crippen LogP) is 5.75. The van der Waals surface area contributed by atoms with E-state index in [-0.39, 0.29) is 16.6 Å². The van der Waals surface area contributed by atoms with E-state index in [1.807, 2.05) is 38.1 Å². The van der Waals surface area contributed by atoms with Crippen LogP contribution >= 0.6 is 23.2 Å². The second-order valence-electron chi connectivity index (χ2n) is 7.71. The summed E-state index contributed by atoms with van der Waals surface area (Å²) in [5.74, 6) is -1.37. The number of rotatable bonds is 6. The molecule has 3 aromatic carbocycles. The van der Waals surface area contributed by atoms with E-state index in [1.165, 1.54) is 6.07 Å². The lowest BCUT2D eigenvalue weighted by Gasteiger charge is -2.21. The lowest BCUT2D eigenvalue weighted by Crippen LogP contribution is -2.32. The van der Waals surface area contributed by atoms with Crippen LogP contribution in [0.25, 0.3) is 0 Å². The topological polar surface area (TPSA) is 69.7 Å². The van der Waals surface area contributed by atoms with Gasteiger partial charge in [0.15, 0.2) is 0 Å². The molecule has 1 aliphatic rings. The van der Waals surface area contributed by atoms with Crippen molar-refractivity contribution in [3.63, 3.8) is 0 Å². The van der Waals surface area contributed by atoms with Crippen LogP contribution in [-0.4, -0.2) is 24.3 Å². The summed E-state index contributed by atoms with van der Waals surface area (Å²) in [6, 6.07) is 20.8. The van der Waals surface area contributed by atoms with Crippen molar-refractivity contribution in [2.24, 2.45) is 0 Å². The molecule has 1 aliphatic heterocycles. The monoisotopic (exact) mass is 493 g/mol. The Balaban J connectivity index is 1.53. The molecule has 0 aromatic heterocycles. The molecule has 4 rings (SSSR count). The average molecular weight is 494 g/mol. The molecule has 0 aliphatic carbocycles. The number of hydrogen-bond donors (Lipinski definition) is 1. The van der Waals surface area contributed by atoms with Gasteiger partial charge in [-0.2, -0.15) is 0 Å². The molecule has 0 bridgehead atoms. The van der Waals surface area contributed by atoms with E-state index < -0.39 is 11.8 Å². The van der Waals surface area contributed by atoms with Gasteiger partial charge in [0.25, 0.3) is 17.7 Å². The van der Waals surface area contributed by atoms with E-state index in [4.69, 9.17) is 23.2 Å². The van der Waals surface area contributed by atoms with E-state index >= 15 is 0 Å². The summed E-state index contributed by atoms with van der Waals surface area (Å²) < 4.78 is 0. The Kier molecular flexibility index (Phi) is 6.72. The van der Waals surface area contributed by atoms with Crippen LogP contribution in [0.1, 0.15) is 22.8 Å². The first-order chi connectivity index (χ1) is 16.3. The molecule has 0 spiro atoms. The normalized spacial score (nSPS) is 13.5. The highest BCUT2D eigenvalue weighted by Crippen LogP contribution is 2.31. The number of anilines is 3. The van der Waals surface area contributed by atoms with Crippen LogP contribution in [0.5, 0.6) is 0 Å². The summed E-state index contributed by atoms with van der Waals surface area (Å²) in [5, 5.41) is 3.08. The number of imide groups is 1. The van der Waals surface area contributed by atoms with Gasteiger partial charge in [0, 0.05) is 28.5 Å². The molecule has 172 valence electrons. The molecule has 0 saturated heterocycles. The number of aryl methyl sites for hydroxylation is 1. The molecule has 0 saturated carbocycles. The third-order valence-corrected chi connectivity index (χ3v) is 5.96. The third kappa shape index (κ3) is 4.55. The van der Waals surface area contributed by atoms with Crippen LogP contribution in [-0.2, 0) is 9.59 Å². The summed E-state index contributed by atoms with van der Waals surface area (Å²) in [5.41, 5.74) is 3.18. The first kappa shape index (κ1) is 23.5. The Bertz CT molecular complexity index is 1320. The van der Waals surface area contributed by atoms with E-state index in [2.05, 4.69) is 5.32 Å². The number of carbonyl (C=O) groups excluding carboxylic acids is 3. The van der Waals surface area contributed by atoms with E-state index in [9.17, 15) is 14.4 Å². The average Bonchev–Trinajstić information content (AvgIpc) is 3.03. The van der Waals surface area contributed by atoms with Crippen LogP contribution in [0, 0.1) is 6.92 Å². The van der Waals surface area contributed by atoms with Gasteiger partial charge in [0.05, 0.1) is 5.69 Å². The molecule has 1 N–H and O–H groups in total. The maximum Gasteiger partial charge on any atom is 0.283 e. The standard InChI is InChI=1S/C26H21Cl2N3O3/c1-3-30(20-8-4-6-16(2)14-20)24(32)17-10-12-19(13-11-17)29-23-22(28)25(33)31(26(23)34)21-9-5-7-18(27)15-21/h4-15,29H,3H2,1-2H3. The summed E-state index contributed by atoms with van der Waals surface area (Å²) in [6.45, 7) is 4.41. The maximum atomic E-state index is 13.1. The second-order valence-corrected chi connectivity index (χ2v) is 8.52. The van der Waals surface area contributed by atoms with Crippen LogP contribution in [0.2, 0.25) is 5.02 Å². The number of benzene rings is 3. The van der Waals surface area contributed by atoms with Crippen LogP contribution in [0.3, 0.4) is 0 Å². The van der Waals surface area contributed by atoms with Crippen molar-refractivity contribution < 1.29 is 14.4 Å². The Morgan fingerprint density at radius 3 is 2.29 bits per heavy atom. The largest absolute Gasteiger partial charge is 0.350 e. The number of halogens is 2.